The second kappa shape index (κ2) is 12.8. The molecule has 2 aromatic heterocycles. The Morgan fingerprint density at radius 3 is 1.32 bits per heavy atom. The van der Waals surface area contributed by atoms with Gasteiger partial charge in [0.1, 0.15) is 0 Å². The quantitative estimate of drug-likeness (QED) is 0.335. The lowest BCUT2D eigenvalue weighted by Gasteiger charge is -2.05. The van der Waals surface area contributed by atoms with Crippen LogP contribution in [-0.4, -0.2) is 24.9 Å². The lowest BCUT2D eigenvalue weighted by atomic mass is 10.1. The van der Waals surface area contributed by atoms with Gasteiger partial charge in [-0.3, -0.25) is 9.59 Å². The van der Waals surface area contributed by atoms with E-state index in [1.165, 1.54) is 25.7 Å². The molecule has 0 fully saturated rings. The summed E-state index contributed by atoms with van der Waals surface area (Å²) < 4.78 is 11.5. The Balaban J connectivity index is 1.36. The van der Waals surface area contributed by atoms with Gasteiger partial charge >= 0.3 is 0 Å². The van der Waals surface area contributed by atoms with Gasteiger partial charge in [-0.15, -0.1) is 0 Å². The lowest BCUT2D eigenvalue weighted by molar-refractivity contribution is 0.0916. The van der Waals surface area contributed by atoms with Crippen LogP contribution in [0.1, 0.15) is 72.5 Å². The Hall–Kier alpha value is -1.54. The van der Waals surface area contributed by atoms with Crippen molar-refractivity contribution >= 4 is 43.7 Å². The molecule has 0 saturated carbocycles. The number of hydrogen-bond acceptors (Lipinski definition) is 4. The molecule has 0 bridgehead atoms. The molecule has 0 saturated heterocycles. The van der Waals surface area contributed by atoms with Crippen molar-refractivity contribution in [1.82, 2.24) is 10.6 Å². The summed E-state index contributed by atoms with van der Waals surface area (Å²) in [7, 11) is 0. The van der Waals surface area contributed by atoms with Crippen LogP contribution in [0.25, 0.3) is 0 Å². The topological polar surface area (TPSA) is 84.5 Å². The van der Waals surface area contributed by atoms with Crippen LogP contribution >= 0.6 is 31.9 Å². The third-order valence-electron chi connectivity index (χ3n) is 4.27. The zero-order chi connectivity index (χ0) is 20.2. The second-order valence-corrected chi connectivity index (χ2v) is 8.11. The van der Waals surface area contributed by atoms with Gasteiger partial charge in [0.2, 0.25) is 0 Å². The first-order chi connectivity index (χ1) is 13.6. The number of carbonyl (C=O) groups excluding carboxylic acids is 2. The average Bonchev–Trinajstić information content (AvgIpc) is 3.30. The van der Waals surface area contributed by atoms with Crippen molar-refractivity contribution in [3.05, 3.63) is 45.1 Å². The monoisotopic (exact) mass is 516 g/mol. The zero-order valence-electron chi connectivity index (χ0n) is 15.8. The van der Waals surface area contributed by atoms with Gasteiger partial charge in [0, 0.05) is 13.1 Å². The largest absolute Gasteiger partial charge is 0.444 e. The van der Waals surface area contributed by atoms with E-state index in [1.807, 2.05) is 0 Å². The summed E-state index contributed by atoms with van der Waals surface area (Å²) in [4.78, 5) is 23.6. The SMILES string of the molecule is O=C(NCCCCCCCCCCNC(=O)c1ccc(Br)o1)c1ccc(Br)o1. The highest BCUT2D eigenvalue weighted by atomic mass is 79.9. The van der Waals surface area contributed by atoms with Crippen LogP contribution in [0.15, 0.2) is 42.4 Å². The van der Waals surface area contributed by atoms with Gasteiger partial charge in [0.25, 0.3) is 11.8 Å². The molecule has 0 aliphatic carbocycles. The predicted octanol–water partition coefficient (Wildman–Crippen LogP) is 5.68. The van der Waals surface area contributed by atoms with Gasteiger partial charge < -0.3 is 19.5 Å². The van der Waals surface area contributed by atoms with E-state index in [2.05, 4.69) is 42.5 Å². The molecule has 0 aliphatic rings. The molecule has 2 heterocycles. The first-order valence-electron chi connectivity index (χ1n) is 9.63. The molecule has 2 N–H and O–H groups in total. The standard InChI is InChI=1S/C20H26Br2N2O4/c21-17-11-9-15(27-17)19(25)23-13-7-5-3-1-2-4-6-8-14-24-20(26)16-10-12-18(22)28-16/h9-12H,1-8,13-14H2,(H,23,25)(H,24,26). The molecule has 0 unspecified atom stereocenters. The van der Waals surface area contributed by atoms with Gasteiger partial charge in [-0.05, 0) is 69.0 Å². The molecule has 0 atom stereocenters. The van der Waals surface area contributed by atoms with Crippen LogP contribution in [0, 0.1) is 0 Å². The van der Waals surface area contributed by atoms with Crippen molar-refractivity contribution in [3.8, 4) is 0 Å². The fourth-order valence-corrected chi connectivity index (χ4v) is 3.37. The van der Waals surface area contributed by atoms with E-state index in [4.69, 9.17) is 8.83 Å². The Morgan fingerprint density at radius 1 is 0.643 bits per heavy atom. The first kappa shape index (κ1) is 22.7. The van der Waals surface area contributed by atoms with Gasteiger partial charge in [-0.25, -0.2) is 0 Å². The highest BCUT2D eigenvalue weighted by Gasteiger charge is 2.09. The molecule has 2 rings (SSSR count). The van der Waals surface area contributed by atoms with Crippen LogP contribution in [-0.2, 0) is 0 Å². The maximum absolute atomic E-state index is 11.8. The number of halogens is 2. The Kier molecular flexibility index (Phi) is 10.4. The summed E-state index contributed by atoms with van der Waals surface area (Å²) in [6, 6.07) is 6.73. The highest BCUT2D eigenvalue weighted by molar-refractivity contribution is 9.10. The molecule has 6 nitrogen and oxygen atoms in total. The van der Waals surface area contributed by atoms with Crippen LogP contribution in [0.3, 0.4) is 0 Å². The number of carbonyl (C=O) groups is 2. The van der Waals surface area contributed by atoms with Gasteiger partial charge in [0.05, 0.1) is 0 Å². The maximum atomic E-state index is 11.8. The molecule has 0 aliphatic heterocycles. The van der Waals surface area contributed by atoms with Gasteiger partial charge in [-0.2, -0.15) is 0 Å². The molecule has 0 spiro atoms. The summed E-state index contributed by atoms with van der Waals surface area (Å²) in [5, 5.41) is 5.72. The van der Waals surface area contributed by atoms with Crippen LogP contribution in [0.4, 0.5) is 0 Å². The van der Waals surface area contributed by atoms with Crippen molar-refractivity contribution in [3.63, 3.8) is 0 Å². The van der Waals surface area contributed by atoms with Crippen LogP contribution < -0.4 is 10.6 Å². The third-order valence-corrected chi connectivity index (χ3v) is 5.12. The fraction of sp³-hybridized carbons (Fsp3) is 0.500. The molecular formula is C20H26Br2N2O4. The number of hydrogen-bond donors (Lipinski definition) is 2. The summed E-state index contributed by atoms with van der Waals surface area (Å²) >= 11 is 6.37. The van der Waals surface area contributed by atoms with Gasteiger partial charge in [0.15, 0.2) is 20.9 Å². The van der Waals surface area contributed by atoms with Crippen molar-refractivity contribution < 1.29 is 18.4 Å². The predicted molar refractivity (Wildman–Crippen MR) is 114 cm³/mol. The second-order valence-electron chi connectivity index (χ2n) is 6.55. The third kappa shape index (κ3) is 8.65. The highest BCUT2D eigenvalue weighted by Crippen LogP contribution is 2.15. The molecule has 28 heavy (non-hydrogen) atoms. The van der Waals surface area contributed by atoms with E-state index in [0.717, 1.165) is 25.7 Å². The van der Waals surface area contributed by atoms with Crippen molar-refractivity contribution in [1.29, 1.82) is 0 Å². The van der Waals surface area contributed by atoms with Crippen molar-refractivity contribution in [2.24, 2.45) is 0 Å². The number of nitrogens with one attached hydrogen (secondary N) is 2. The van der Waals surface area contributed by atoms with E-state index in [1.54, 1.807) is 24.3 Å². The summed E-state index contributed by atoms with van der Waals surface area (Å²) in [6.45, 7) is 1.34. The first-order valence-corrected chi connectivity index (χ1v) is 11.2. The maximum Gasteiger partial charge on any atom is 0.287 e. The Bertz CT molecular complexity index is 680. The fourth-order valence-electron chi connectivity index (χ4n) is 2.76. The minimum absolute atomic E-state index is 0.169. The number of amides is 2. The normalized spacial score (nSPS) is 10.8. The number of furan rings is 2. The smallest absolute Gasteiger partial charge is 0.287 e. The minimum atomic E-state index is -0.169. The van der Waals surface area contributed by atoms with E-state index >= 15 is 0 Å². The number of unbranched alkanes of at least 4 members (excludes halogenated alkanes) is 7. The Morgan fingerprint density at radius 2 is 1.00 bits per heavy atom. The molecule has 154 valence electrons. The Labute approximate surface area is 182 Å². The van der Waals surface area contributed by atoms with Crippen LogP contribution in [0.2, 0.25) is 0 Å². The summed E-state index contributed by atoms with van der Waals surface area (Å²) in [6.07, 6.45) is 8.91. The molecular weight excluding hydrogens is 492 g/mol. The van der Waals surface area contributed by atoms with E-state index in [0.29, 0.717) is 33.9 Å². The van der Waals surface area contributed by atoms with Crippen molar-refractivity contribution in [2.75, 3.05) is 13.1 Å². The summed E-state index contributed by atoms with van der Waals surface area (Å²) in [5.41, 5.74) is 0. The van der Waals surface area contributed by atoms with E-state index in [-0.39, 0.29) is 11.8 Å². The lowest BCUT2D eigenvalue weighted by Crippen LogP contribution is -2.23. The molecule has 0 aromatic carbocycles. The average molecular weight is 518 g/mol. The number of rotatable bonds is 13. The molecule has 8 heteroatoms. The van der Waals surface area contributed by atoms with E-state index in [9.17, 15) is 9.59 Å². The van der Waals surface area contributed by atoms with Crippen molar-refractivity contribution in [2.45, 2.75) is 51.4 Å². The molecule has 2 aromatic rings. The van der Waals surface area contributed by atoms with E-state index < -0.39 is 0 Å². The minimum Gasteiger partial charge on any atom is -0.444 e. The molecule has 0 radical (unpaired) electrons. The van der Waals surface area contributed by atoms with Gasteiger partial charge in [-0.1, -0.05) is 38.5 Å². The molecule has 2 amide bonds. The van der Waals surface area contributed by atoms with Crippen LogP contribution in [0.5, 0.6) is 0 Å². The summed E-state index contributed by atoms with van der Waals surface area (Å²) in [5.74, 6) is 0.329. The zero-order valence-corrected chi connectivity index (χ0v) is 18.9.